The number of rotatable bonds is 5. The molecule has 1 atom stereocenters. The van der Waals surface area contributed by atoms with Gasteiger partial charge in [-0.1, -0.05) is 17.7 Å². The normalized spacial score (nSPS) is 24.4. The summed E-state index contributed by atoms with van der Waals surface area (Å²) in [6, 6.07) is 15.7. The van der Waals surface area contributed by atoms with Gasteiger partial charge >= 0.3 is 0 Å². The van der Waals surface area contributed by atoms with Gasteiger partial charge in [-0.15, -0.1) is 0 Å². The lowest BCUT2D eigenvalue weighted by Crippen LogP contribution is -2.53. The van der Waals surface area contributed by atoms with E-state index in [4.69, 9.17) is 18.2 Å². The number of piperazine rings is 1. The Morgan fingerprint density at radius 3 is 2.11 bits per heavy atom. The van der Waals surface area contributed by atoms with E-state index in [0.29, 0.717) is 22.2 Å². The van der Waals surface area contributed by atoms with Gasteiger partial charge in [0.2, 0.25) is 5.69 Å². The van der Waals surface area contributed by atoms with Gasteiger partial charge in [-0.2, -0.15) is 0 Å². The quantitative estimate of drug-likeness (QED) is 0.555. The zero-order chi connectivity index (χ0) is 25.4. The Morgan fingerprint density at radius 2 is 1.54 bits per heavy atom. The number of piperidine rings is 1. The van der Waals surface area contributed by atoms with Gasteiger partial charge in [0, 0.05) is 93.6 Å². The third kappa shape index (κ3) is 5.14. The van der Waals surface area contributed by atoms with Crippen LogP contribution in [0.2, 0.25) is 5.02 Å². The molecule has 4 fully saturated rings. The molecule has 0 radical (unpaired) electrons. The first-order chi connectivity index (χ1) is 18.0. The summed E-state index contributed by atoms with van der Waals surface area (Å²) in [7, 11) is 0. The van der Waals surface area contributed by atoms with Crippen LogP contribution in [-0.2, 0) is 0 Å². The van der Waals surface area contributed by atoms with Crippen molar-refractivity contribution in [2.75, 3.05) is 80.1 Å². The van der Waals surface area contributed by atoms with Crippen LogP contribution in [0, 0.1) is 17.9 Å². The number of hydrogen-bond donors (Lipinski definition) is 1. The highest BCUT2D eigenvalue weighted by atomic mass is 35.5. The molecule has 4 saturated heterocycles. The highest BCUT2D eigenvalue weighted by Gasteiger charge is 2.44. The van der Waals surface area contributed by atoms with Gasteiger partial charge in [-0.05, 0) is 73.9 Å². The lowest BCUT2D eigenvalue weighted by Gasteiger charge is -2.41. The zero-order valence-electron chi connectivity index (χ0n) is 22.0. The predicted octanol–water partition coefficient (Wildman–Crippen LogP) is 5.12. The second kappa shape index (κ2) is 10.4. The Labute approximate surface area is 227 Å². The third-order valence-corrected chi connectivity index (χ3v) is 9.61. The average Bonchev–Trinajstić information content (AvgIpc) is 3.22. The maximum absolute atomic E-state index is 7.26. The van der Waals surface area contributed by atoms with Crippen molar-refractivity contribution >= 4 is 34.4 Å². The molecule has 0 aliphatic carbocycles. The van der Waals surface area contributed by atoms with Crippen LogP contribution in [0.3, 0.4) is 0 Å². The van der Waals surface area contributed by atoms with Crippen LogP contribution in [0.4, 0.5) is 22.7 Å². The van der Waals surface area contributed by atoms with E-state index < -0.39 is 0 Å². The van der Waals surface area contributed by atoms with Crippen LogP contribution in [0.1, 0.15) is 26.2 Å². The van der Waals surface area contributed by atoms with Crippen molar-refractivity contribution < 1.29 is 0 Å². The van der Waals surface area contributed by atoms with Crippen molar-refractivity contribution in [3.05, 3.63) is 58.9 Å². The number of halogens is 1. The van der Waals surface area contributed by atoms with Crippen molar-refractivity contribution in [1.82, 2.24) is 10.2 Å². The molecule has 1 spiro atoms. The molecule has 0 bridgehead atoms. The molecular weight excluding hydrogens is 480 g/mol. The summed E-state index contributed by atoms with van der Waals surface area (Å²) in [6.45, 7) is 21.2. The van der Waals surface area contributed by atoms with Crippen LogP contribution < -0.4 is 20.0 Å². The van der Waals surface area contributed by atoms with E-state index in [-0.39, 0.29) is 0 Å². The summed E-state index contributed by atoms with van der Waals surface area (Å²) in [5, 5.41) is 3.95. The minimum Gasteiger partial charge on any atom is -0.371 e. The summed E-state index contributed by atoms with van der Waals surface area (Å²) in [5.41, 5.74) is 4.79. The van der Waals surface area contributed by atoms with Gasteiger partial charge in [-0.25, -0.2) is 4.85 Å². The molecule has 1 N–H and O–H groups in total. The van der Waals surface area contributed by atoms with Gasteiger partial charge in [-0.3, -0.25) is 4.90 Å². The molecule has 2 aromatic carbocycles. The van der Waals surface area contributed by atoms with E-state index in [2.05, 4.69) is 67.0 Å². The number of hydrogen-bond acceptors (Lipinski definition) is 5. The average molecular weight is 519 g/mol. The fraction of sp³-hybridized carbons (Fsp3) is 0.567. The van der Waals surface area contributed by atoms with Gasteiger partial charge in [0.25, 0.3) is 0 Å². The second-order valence-electron chi connectivity index (χ2n) is 11.7. The Bertz CT molecular complexity index is 1120. The molecule has 0 saturated carbocycles. The van der Waals surface area contributed by atoms with Crippen LogP contribution in [0.25, 0.3) is 4.85 Å². The number of anilines is 3. The molecule has 0 aromatic heterocycles. The molecule has 37 heavy (non-hydrogen) atoms. The molecule has 0 amide bonds. The zero-order valence-corrected chi connectivity index (χ0v) is 22.8. The topological polar surface area (TPSA) is 29.4 Å². The maximum atomic E-state index is 7.26. The monoisotopic (exact) mass is 518 g/mol. The van der Waals surface area contributed by atoms with Crippen molar-refractivity contribution in [1.29, 1.82) is 0 Å². The fourth-order valence-corrected chi connectivity index (χ4v) is 7.15. The Hall–Kier alpha value is -2.46. The first-order valence-corrected chi connectivity index (χ1v) is 14.4. The molecule has 4 aliphatic heterocycles. The smallest absolute Gasteiger partial charge is 0.205 e. The van der Waals surface area contributed by atoms with E-state index in [1.807, 2.05) is 12.1 Å². The fourth-order valence-electron chi connectivity index (χ4n) is 6.94. The Kier molecular flexibility index (Phi) is 6.96. The number of benzene rings is 2. The Morgan fingerprint density at radius 1 is 0.919 bits per heavy atom. The third-order valence-electron chi connectivity index (χ3n) is 9.31. The van der Waals surface area contributed by atoms with Gasteiger partial charge in [0.1, 0.15) is 0 Å². The summed E-state index contributed by atoms with van der Waals surface area (Å²) >= 11 is 6.36. The first kappa shape index (κ1) is 24.9. The van der Waals surface area contributed by atoms with E-state index in [9.17, 15) is 0 Å². The van der Waals surface area contributed by atoms with Crippen molar-refractivity contribution in [2.45, 2.75) is 32.2 Å². The minimum atomic E-state index is 0.371. The number of nitrogens with zero attached hydrogens (tertiary/aromatic N) is 5. The summed E-state index contributed by atoms with van der Waals surface area (Å²) in [5.74, 6) is 0.862. The van der Waals surface area contributed by atoms with E-state index in [0.717, 1.165) is 44.3 Å². The van der Waals surface area contributed by atoms with Crippen LogP contribution in [0.5, 0.6) is 0 Å². The molecule has 7 heteroatoms. The standard InChI is InChI=1S/C30H39ClN6/c1-23-18-30(22-37(23)27-7-8-29(32-2)28(31)17-27)9-11-35(12-10-30)25-3-5-26(6-4-25)36-15-13-34(14-16-36)21-24-19-33-20-24/h3-8,17,23-24,33H,9-16,18-22H2,1H3/t23-/m0/s1. The van der Waals surface area contributed by atoms with Crippen molar-refractivity contribution in [2.24, 2.45) is 11.3 Å². The van der Waals surface area contributed by atoms with Gasteiger partial charge in [0.15, 0.2) is 0 Å². The molecule has 6 nitrogen and oxygen atoms in total. The molecule has 0 unspecified atom stereocenters. The summed E-state index contributed by atoms with van der Waals surface area (Å²) in [4.78, 5) is 13.8. The predicted molar refractivity (Wildman–Crippen MR) is 154 cm³/mol. The summed E-state index contributed by atoms with van der Waals surface area (Å²) in [6.07, 6.45) is 3.68. The highest BCUT2D eigenvalue weighted by Crippen LogP contribution is 2.46. The first-order valence-electron chi connectivity index (χ1n) is 14.0. The second-order valence-corrected chi connectivity index (χ2v) is 12.2. The van der Waals surface area contributed by atoms with Crippen molar-refractivity contribution in [3.63, 3.8) is 0 Å². The summed E-state index contributed by atoms with van der Waals surface area (Å²) < 4.78 is 0. The maximum Gasteiger partial charge on any atom is 0.205 e. The molecular formula is C30H39ClN6. The minimum absolute atomic E-state index is 0.371. The molecule has 196 valence electrons. The van der Waals surface area contributed by atoms with Crippen molar-refractivity contribution in [3.8, 4) is 0 Å². The van der Waals surface area contributed by atoms with Gasteiger partial charge < -0.3 is 20.0 Å². The molecule has 4 aliphatic rings. The molecule has 2 aromatic rings. The Balaban J connectivity index is 1.02. The lowest BCUT2D eigenvalue weighted by molar-refractivity contribution is 0.184. The van der Waals surface area contributed by atoms with Crippen LogP contribution in [0.15, 0.2) is 42.5 Å². The highest BCUT2D eigenvalue weighted by molar-refractivity contribution is 6.33. The van der Waals surface area contributed by atoms with E-state index >= 15 is 0 Å². The molecule has 6 rings (SSSR count). The largest absolute Gasteiger partial charge is 0.371 e. The van der Waals surface area contributed by atoms with Crippen LogP contribution >= 0.6 is 11.6 Å². The SMILES string of the molecule is [C-]#[N+]c1ccc(N2CC3(CCN(c4ccc(N5CCN(CC6CNC6)CC5)cc4)CC3)C[C@@H]2C)cc1Cl. The lowest BCUT2D eigenvalue weighted by atomic mass is 9.76. The number of nitrogens with one attached hydrogen (secondary N) is 1. The van der Waals surface area contributed by atoms with Crippen LogP contribution in [-0.4, -0.2) is 76.4 Å². The van der Waals surface area contributed by atoms with E-state index in [1.165, 1.54) is 63.4 Å². The molecule has 4 heterocycles. The van der Waals surface area contributed by atoms with Gasteiger partial charge in [0.05, 0.1) is 6.57 Å². The van der Waals surface area contributed by atoms with E-state index in [1.54, 1.807) is 0 Å².